The molecular weight excluding hydrogens is 565 g/mol. The van der Waals surface area contributed by atoms with E-state index >= 15 is 0 Å². The summed E-state index contributed by atoms with van der Waals surface area (Å²) in [4.78, 5) is 30.8. The van der Waals surface area contributed by atoms with Crippen LogP contribution in [0.1, 0.15) is 0 Å². The number of nitrogens with one attached hydrogen (secondary N) is 1. The van der Waals surface area contributed by atoms with E-state index < -0.39 is 11.8 Å². The van der Waals surface area contributed by atoms with Crippen molar-refractivity contribution in [1.82, 2.24) is 19.6 Å². The van der Waals surface area contributed by atoms with Crippen LogP contribution in [0.5, 0.6) is 0 Å². The minimum absolute atomic E-state index is 0.158. The average Bonchev–Trinajstić information content (AvgIpc) is 2.91. The number of nitrogens with zero attached hydrogens (tertiary/aromatic N) is 4. The highest BCUT2D eigenvalue weighted by Gasteiger charge is 2.29. The number of halogens is 4. The Balaban J connectivity index is 0.000000309. The first-order valence-corrected chi connectivity index (χ1v) is 13.7. The van der Waals surface area contributed by atoms with Crippen LogP contribution in [0.25, 0.3) is 0 Å². The Labute approximate surface area is 245 Å². The van der Waals surface area contributed by atoms with Gasteiger partial charge in [0.15, 0.2) is 0 Å². The number of carboxylic acid groups (broad SMARTS) is 1. The van der Waals surface area contributed by atoms with Crippen molar-refractivity contribution >= 4 is 46.5 Å². The van der Waals surface area contributed by atoms with Gasteiger partial charge in [-0.05, 0) is 52.5 Å². The number of amides is 1. The van der Waals surface area contributed by atoms with Crippen LogP contribution in [-0.4, -0.2) is 121 Å². The number of carbonyl (C=O) groups is 2. The number of benzene rings is 2. The van der Waals surface area contributed by atoms with E-state index in [1.807, 2.05) is 42.9 Å². The minimum Gasteiger partial charge on any atom is -0.480 e. The van der Waals surface area contributed by atoms with Crippen LogP contribution in [0.4, 0.5) is 20.2 Å². The molecular formula is C27H40Cl2F2N6O3. The maximum atomic E-state index is 13.5. The van der Waals surface area contributed by atoms with Gasteiger partial charge in [0, 0.05) is 39.3 Å². The van der Waals surface area contributed by atoms with E-state index in [-0.39, 0.29) is 40.5 Å². The van der Waals surface area contributed by atoms with Crippen molar-refractivity contribution in [3.63, 3.8) is 0 Å². The molecule has 2 unspecified atom stereocenters. The number of nitrogens with two attached hydrogens (primary N) is 1. The highest BCUT2D eigenvalue weighted by Crippen LogP contribution is 2.15. The van der Waals surface area contributed by atoms with E-state index in [2.05, 4.69) is 10.2 Å². The van der Waals surface area contributed by atoms with Crippen LogP contribution in [-0.2, 0) is 9.59 Å². The third-order valence-electron chi connectivity index (χ3n) is 6.33. The number of para-hydroxylation sites is 2. The first-order valence-electron chi connectivity index (χ1n) is 12.6. The highest BCUT2D eigenvalue weighted by atomic mass is 35.5. The van der Waals surface area contributed by atoms with Crippen molar-refractivity contribution < 1.29 is 23.5 Å². The summed E-state index contributed by atoms with van der Waals surface area (Å²) in [6.07, 6.45) is 0. The van der Waals surface area contributed by atoms with E-state index in [0.29, 0.717) is 13.1 Å². The van der Waals surface area contributed by atoms with Crippen molar-refractivity contribution in [3.05, 3.63) is 60.2 Å². The number of carbonyl (C=O) groups excluding carboxylic acids is 1. The number of anilines is 2. The van der Waals surface area contributed by atoms with E-state index in [9.17, 15) is 18.4 Å². The molecule has 2 aliphatic rings. The largest absolute Gasteiger partial charge is 0.480 e. The van der Waals surface area contributed by atoms with Crippen LogP contribution >= 0.6 is 23.2 Å². The molecule has 40 heavy (non-hydrogen) atoms. The lowest BCUT2D eigenvalue weighted by Gasteiger charge is -2.36. The summed E-state index contributed by atoms with van der Waals surface area (Å²) < 4.78 is 25.6. The molecule has 2 saturated heterocycles. The average molecular weight is 606 g/mol. The van der Waals surface area contributed by atoms with Gasteiger partial charge >= 0.3 is 5.97 Å². The van der Waals surface area contributed by atoms with Gasteiger partial charge in [-0.25, -0.2) is 8.78 Å². The topological polar surface area (TPSA) is 105 Å². The molecule has 2 aromatic rings. The molecule has 2 atom stereocenters. The lowest BCUT2D eigenvalue weighted by atomic mass is 10.1. The van der Waals surface area contributed by atoms with Gasteiger partial charge in [0.2, 0.25) is 5.91 Å². The molecule has 2 fully saturated rings. The molecule has 13 heteroatoms. The molecule has 9 nitrogen and oxygen atoms in total. The molecule has 1 amide bonds. The first kappa shape index (κ1) is 35.5. The smallest absolute Gasteiger partial charge is 0.322 e. The van der Waals surface area contributed by atoms with Gasteiger partial charge in [0.05, 0.1) is 16.7 Å². The Bertz CT molecular complexity index is 1030. The third kappa shape index (κ3) is 12.8. The summed E-state index contributed by atoms with van der Waals surface area (Å²) in [5, 5.41) is 11.6. The SMILES string of the molecule is CN1CCN(C)C(C(=O)Nc2ccccc2F)C1.CN1CCN(C)C(C(=O)O)C1.ClCCl.Nc1ccccc1F. The van der Waals surface area contributed by atoms with Crippen LogP contribution in [0, 0.1) is 11.6 Å². The maximum absolute atomic E-state index is 13.5. The van der Waals surface area contributed by atoms with E-state index in [4.69, 9.17) is 34.0 Å². The predicted molar refractivity (Wildman–Crippen MR) is 158 cm³/mol. The zero-order chi connectivity index (χ0) is 30.2. The fourth-order valence-electron chi connectivity index (χ4n) is 3.82. The molecule has 0 spiro atoms. The van der Waals surface area contributed by atoms with Gasteiger partial charge in [-0.15, -0.1) is 23.2 Å². The first-order chi connectivity index (χ1) is 18.9. The van der Waals surface area contributed by atoms with Gasteiger partial charge in [0.1, 0.15) is 23.7 Å². The minimum atomic E-state index is -0.723. The molecule has 2 heterocycles. The Morgan fingerprint density at radius 2 is 1.30 bits per heavy atom. The monoisotopic (exact) mass is 604 g/mol. The summed E-state index contributed by atoms with van der Waals surface area (Å²) in [5.41, 5.74) is 5.59. The lowest BCUT2D eigenvalue weighted by molar-refractivity contribution is -0.144. The van der Waals surface area contributed by atoms with Crippen molar-refractivity contribution in [2.24, 2.45) is 0 Å². The Hall–Kier alpha value is -2.54. The van der Waals surface area contributed by atoms with Gasteiger partial charge in [-0.3, -0.25) is 19.4 Å². The molecule has 2 aromatic carbocycles. The van der Waals surface area contributed by atoms with Crippen molar-refractivity contribution in [2.45, 2.75) is 12.1 Å². The van der Waals surface area contributed by atoms with Gasteiger partial charge in [0.25, 0.3) is 0 Å². The van der Waals surface area contributed by atoms with Crippen LogP contribution < -0.4 is 11.1 Å². The number of piperazine rings is 2. The number of nitrogen functional groups attached to an aromatic ring is 1. The molecule has 0 aromatic heterocycles. The number of hydrogen-bond donors (Lipinski definition) is 3. The maximum Gasteiger partial charge on any atom is 0.322 e. The number of rotatable bonds is 3. The second kappa shape index (κ2) is 18.7. The van der Waals surface area contributed by atoms with E-state index in [0.717, 1.165) is 26.2 Å². The third-order valence-corrected chi connectivity index (χ3v) is 6.33. The number of likely N-dealkylation sites (N-methyl/N-ethyl adjacent to an activating group) is 4. The molecule has 0 aliphatic carbocycles. The molecule has 0 saturated carbocycles. The van der Waals surface area contributed by atoms with E-state index in [1.54, 1.807) is 30.3 Å². The molecule has 4 rings (SSSR count). The highest BCUT2D eigenvalue weighted by molar-refractivity contribution is 6.40. The van der Waals surface area contributed by atoms with Crippen molar-refractivity contribution in [2.75, 3.05) is 83.8 Å². The Morgan fingerprint density at radius 3 is 1.73 bits per heavy atom. The Morgan fingerprint density at radius 1 is 0.850 bits per heavy atom. The van der Waals surface area contributed by atoms with E-state index in [1.165, 1.54) is 18.2 Å². The molecule has 0 bridgehead atoms. The molecule has 2 aliphatic heterocycles. The van der Waals surface area contributed by atoms with Crippen LogP contribution in [0.15, 0.2) is 48.5 Å². The summed E-state index contributed by atoms with van der Waals surface area (Å²) in [5.74, 6) is -1.64. The zero-order valence-electron chi connectivity index (χ0n) is 23.4. The van der Waals surface area contributed by atoms with Gasteiger partial charge < -0.3 is 26.0 Å². The predicted octanol–water partition coefficient (Wildman–Crippen LogP) is 3.16. The normalized spacial score (nSPS) is 20.0. The number of aliphatic carboxylic acids is 1. The van der Waals surface area contributed by atoms with Crippen molar-refractivity contribution in [3.8, 4) is 0 Å². The van der Waals surface area contributed by atoms with Gasteiger partial charge in [-0.2, -0.15) is 0 Å². The second-order valence-corrected chi connectivity index (χ2v) is 10.3. The van der Waals surface area contributed by atoms with Crippen molar-refractivity contribution in [1.29, 1.82) is 0 Å². The molecule has 0 radical (unpaired) electrons. The summed E-state index contributed by atoms with van der Waals surface area (Å²) in [6.45, 7) is 4.88. The summed E-state index contributed by atoms with van der Waals surface area (Å²) in [7, 11) is 7.70. The molecule has 224 valence electrons. The van der Waals surface area contributed by atoms with Gasteiger partial charge in [-0.1, -0.05) is 24.3 Å². The van der Waals surface area contributed by atoms with Crippen LogP contribution in [0.3, 0.4) is 0 Å². The van der Waals surface area contributed by atoms with Crippen LogP contribution in [0.2, 0.25) is 0 Å². The second-order valence-electron chi connectivity index (χ2n) is 9.45. The number of carboxylic acids is 1. The standard InChI is InChI=1S/C13H18FN3O.C7H14N2O2.C6H6FN.CH2Cl2/c1-16-7-8-17(2)12(9-16)13(18)15-11-6-4-3-5-10(11)14;1-8-3-4-9(2)6(5-8)7(10)11;7-5-3-1-2-4-6(5)8;2-1-3/h3-6,12H,7-9H2,1-2H3,(H,15,18);6H,3-5H2,1-2H3,(H,10,11);1-4H,8H2;1H2. The lowest BCUT2D eigenvalue weighted by Crippen LogP contribution is -2.55. The fraction of sp³-hybridized carbons (Fsp3) is 0.481. The number of hydrogen-bond acceptors (Lipinski definition) is 7. The summed E-state index contributed by atoms with van der Waals surface area (Å²) >= 11 is 9.53. The quantitative estimate of drug-likeness (QED) is 0.362. The fourth-order valence-corrected chi connectivity index (χ4v) is 3.82. The molecule has 4 N–H and O–H groups in total. The Kier molecular flexibility index (Phi) is 16.6. The zero-order valence-corrected chi connectivity index (χ0v) is 24.9. The number of alkyl halides is 2. The summed E-state index contributed by atoms with van der Waals surface area (Å²) in [6, 6.07) is 11.8.